The zero-order chi connectivity index (χ0) is 48.1. The summed E-state index contributed by atoms with van der Waals surface area (Å²) >= 11 is 0. The van der Waals surface area contributed by atoms with E-state index >= 15 is 0 Å². The van der Waals surface area contributed by atoms with Crippen LogP contribution in [0, 0.1) is 5.92 Å². The third-order valence-corrected chi connectivity index (χ3v) is 12.2. The minimum absolute atomic E-state index is 0.0485. The van der Waals surface area contributed by atoms with E-state index < -0.39 is 89.8 Å². The van der Waals surface area contributed by atoms with Gasteiger partial charge in [-0.25, -0.2) is 13.9 Å². The molecule has 8 atom stereocenters. The zero-order valence-corrected chi connectivity index (χ0v) is 39.6. The molecule has 1 aromatic rings. The molecule has 368 valence electrons. The fourth-order valence-electron chi connectivity index (χ4n) is 6.14. The number of aliphatic hydroxyl groups excluding tert-OH is 3. The molecule has 3 unspecified atom stereocenters. The first-order chi connectivity index (χ1) is 30.9. The Morgan fingerprint density at radius 2 is 1.51 bits per heavy atom. The number of nitrogens with zero attached hydrogens (tertiary/aromatic N) is 2. The minimum Gasteiger partial charge on any atom is -0.462 e. The van der Waals surface area contributed by atoms with E-state index in [1.54, 1.807) is 6.08 Å². The summed E-state index contributed by atoms with van der Waals surface area (Å²) in [6.45, 7) is 4.00. The number of phosphoric ester groups is 2. The van der Waals surface area contributed by atoms with Gasteiger partial charge >= 0.3 is 33.3 Å². The van der Waals surface area contributed by atoms with Gasteiger partial charge in [0.15, 0.2) is 12.3 Å². The van der Waals surface area contributed by atoms with Crippen LogP contribution in [0.2, 0.25) is 0 Å². The van der Waals surface area contributed by atoms with Gasteiger partial charge in [-0.2, -0.15) is 9.29 Å². The van der Waals surface area contributed by atoms with Gasteiger partial charge in [0.05, 0.1) is 19.3 Å². The summed E-state index contributed by atoms with van der Waals surface area (Å²) in [6, 6.07) is 1.24. The summed E-state index contributed by atoms with van der Waals surface area (Å²) in [4.78, 5) is 61.5. The SMILES string of the molecule is CC/C=C\C(O)C/C=C/C=C\C/C=C\C/C=C\CCCC(=O)O[C@H](COC(=O)CCCCCCCCC(C)C)COP(=O)(O)OP(=O)(O)OC[C@H]1O[C@@H](n2ccc(N)nc2=O)[C@H](O)[C@@H]1O. The molecule has 0 amide bonds. The molecule has 1 aliphatic heterocycles. The van der Waals surface area contributed by atoms with Gasteiger partial charge < -0.3 is 45.1 Å². The maximum atomic E-state index is 12.8. The number of ether oxygens (including phenoxy) is 3. The molecule has 19 nitrogen and oxygen atoms in total. The Labute approximate surface area is 382 Å². The Morgan fingerprint density at radius 1 is 0.862 bits per heavy atom. The average molecular weight is 960 g/mol. The van der Waals surface area contributed by atoms with Crippen molar-refractivity contribution in [1.82, 2.24) is 9.55 Å². The number of aliphatic hydroxyl groups is 3. The first-order valence-corrected chi connectivity index (χ1v) is 25.3. The zero-order valence-electron chi connectivity index (χ0n) is 37.8. The van der Waals surface area contributed by atoms with E-state index in [2.05, 4.69) is 23.1 Å². The van der Waals surface area contributed by atoms with E-state index in [1.165, 1.54) is 12.5 Å². The molecule has 1 fully saturated rings. The number of aromatic nitrogens is 2. The van der Waals surface area contributed by atoms with E-state index in [9.17, 15) is 48.6 Å². The van der Waals surface area contributed by atoms with E-state index in [4.69, 9.17) is 29.0 Å². The van der Waals surface area contributed by atoms with Crippen molar-refractivity contribution in [3.63, 3.8) is 0 Å². The first-order valence-electron chi connectivity index (χ1n) is 22.3. The second-order valence-electron chi connectivity index (χ2n) is 15.8. The molecule has 2 heterocycles. The number of anilines is 1. The smallest absolute Gasteiger partial charge is 0.462 e. The third kappa shape index (κ3) is 26.4. The van der Waals surface area contributed by atoms with Gasteiger partial charge in [-0.1, -0.05) is 120 Å². The number of nitrogens with two attached hydrogens (primary N) is 1. The van der Waals surface area contributed by atoms with Crippen LogP contribution in [0.3, 0.4) is 0 Å². The Hall–Kier alpha value is -3.58. The van der Waals surface area contributed by atoms with Crippen molar-refractivity contribution in [2.24, 2.45) is 5.92 Å². The molecule has 2 rings (SSSR count). The maximum absolute atomic E-state index is 12.8. The molecule has 1 aromatic heterocycles. The molecular weight excluding hydrogens is 888 g/mol. The van der Waals surface area contributed by atoms with Crippen LogP contribution in [0.1, 0.15) is 123 Å². The van der Waals surface area contributed by atoms with Gasteiger partial charge in [-0.15, -0.1) is 0 Å². The Bertz CT molecular complexity index is 1850. The summed E-state index contributed by atoms with van der Waals surface area (Å²) in [5, 5.41) is 30.6. The van der Waals surface area contributed by atoms with Gasteiger partial charge in [-0.3, -0.25) is 23.2 Å². The number of rotatable bonds is 34. The highest BCUT2D eigenvalue weighted by molar-refractivity contribution is 7.61. The second kappa shape index (κ2) is 32.2. The fourth-order valence-corrected chi connectivity index (χ4v) is 8.25. The maximum Gasteiger partial charge on any atom is 0.481 e. The number of unbranched alkanes of at least 4 members (excludes halogenated alkanes) is 6. The first kappa shape index (κ1) is 57.5. The Morgan fingerprint density at radius 3 is 2.22 bits per heavy atom. The number of esters is 2. The lowest BCUT2D eigenvalue weighted by atomic mass is 10.0. The van der Waals surface area contributed by atoms with Crippen LogP contribution in [0.5, 0.6) is 0 Å². The van der Waals surface area contributed by atoms with Crippen LogP contribution in [-0.2, 0) is 46.3 Å². The molecule has 0 aromatic carbocycles. The number of hydrogen-bond donors (Lipinski definition) is 6. The van der Waals surface area contributed by atoms with Crippen molar-refractivity contribution in [1.29, 1.82) is 0 Å². The second-order valence-corrected chi connectivity index (χ2v) is 18.9. The van der Waals surface area contributed by atoms with Crippen molar-refractivity contribution < 1.29 is 71.4 Å². The van der Waals surface area contributed by atoms with Gasteiger partial charge in [0.1, 0.15) is 30.7 Å². The molecule has 0 aliphatic carbocycles. The van der Waals surface area contributed by atoms with Crippen molar-refractivity contribution in [2.45, 2.75) is 154 Å². The molecule has 1 aliphatic rings. The highest BCUT2D eigenvalue weighted by Gasteiger charge is 2.46. The van der Waals surface area contributed by atoms with Crippen LogP contribution in [-0.4, -0.2) is 96.9 Å². The topological polar surface area (TPSA) is 286 Å². The van der Waals surface area contributed by atoms with Crippen molar-refractivity contribution >= 4 is 33.4 Å². The number of hydrogen-bond acceptors (Lipinski definition) is 16. The predicted molar refractivity (Wildman–Crippen MR) is 244 cm³/mol. The molecule has 0 radical (unpaired) electrons. The number of carbonyl (C=O) groups is 2. The van der Waals surface area contributed by atoms with E-state index in [0.29, 0.717) is 38.0 Å². The fraction of sp³-hybridized carbons (Fsp3) is 0.636. The monoisotopic (exact) mass is 959 g/mol. The van der Waals surface area contributed by atoms with E-state index in [-0.39, 0.29) is 18.7 Å². The van der Waals surface area contributed by atoms with Crippen LogP contribution >= 0.6 is 15.6 Å². The molecule has 0 saturated carbocycles. The molecule has 21 heteroatoms. The molecule has 65 heavy (non-hydrogen) atoms. The lowest BCUT2D eigenvalue weighted by Gasteiger charge is -2.21. The van der Waals surface area contributed by atoms with Gasteiger partial charge in [0, 0.05) is 19.0 Å². The van der Waals surface area contributed by atoms with E-state index in [0.717, 1.165) is 55.7 Å². The number of nitrogen functional groups attached to an aromatic ring is 1. The van der Waals surface area contributed by atoms with Crippen LogP contribution < -0.4 is 11.4 Å². The molecule has 7 N–H and O–H groups in total. The summed E-state index contributed by atoms with van der Waals surface area (Å²) in [5.74, 6) is -0.746. The Balaban J connectivity index is 1.87. The highest BCUT2D eigenvalue weighted by atomic mass is 31.3. The summed E-state index contributed by atoms with van der Waals surface area (Å²) in [7, 11) is -10.9. The molecule has 0 bridgehead atoms. The average Bonchev–Trinajstić information content (AvgIpc) is 3.52. The van der Waals surface area contributed by atoms with Gasteiger partial charge in [0.25, 0.3) is 0 Å². The van der Waals surface area contributed by atoms with Gasteiger partial charge in [-0.05, 0) is 56.9 Å². The number of phosphoric acid groups is 2. The van der Waals surface area contributed by atoms with Crippen molar-refractivity contribution in [3.8, 4) is 0 Å². The summed E-state index contributed by atoms with van der Waals surface area (Å²) in [6.07, 6.45) is 22.9. The van der Waals surface area contributed by atoms with Crippen LogP contribution in [0.25, 0.3) is 0 Å². The van der Waals surface area contributed by atoms with Crippen molar-refractivity contribution in [3.05, 3.63) is 83.5 Å². The number of carbonyl (C=O) groups excluding carboxylic acids is 2. The largest absolute Gasteiger partial charge is 0.481 e. The summed E-state index contributed by atoms with van der Waals surface area (Å²) < 4.78 is 56.4. The van der Waals surface area contributed by atoms with Gasteiger partial charge in [0.2, 0.25) is 0 Å². The normalized spacial score (nSPS) is 20.9. The lowest BCUT2D eigenvalue weighted by molar-refractivity contribution is -0.161. The Kier molecular flexibility index (Phi) is 28.5. The molecule has 1 saturated heterocycles. The standard InChI is InChI=1S/C44H71N3O16P2/c1-4-5-25-35(48)26-21-17-12-10-8-6-7-9-11-13-19-23-28-40(50)61-36(31-58-39(49)27-22-18-15-14-16-20-24-34(2)3)32-59-64(54,55)63-65(56,57)60-33-37-41(51)42(52)43(62-37)47-30-29-38(45)46-44(47)53/h5-7,10-13,17,21,25,29-30,34-37,41-43,48,51-52H,4,8-9,14-16,18-20,22-24,26-28,31-33H2,1-3H3,(H,54,55)(H,56,57)(H2,45,46,53)/b7-6-,12-10-,13-11-,21-17+,25-5-/t35?,36-,37-,41-,42-,43-/m1/s1. The quantitative estimate of drug-likeness (QED) is 0.0136. The van der Waals surface area contributed by atoms with Crippen LogP contribution in [0.15, 0.2) is 77.8 Å². The lowest BCUT2D eigenvalue weighted by Crippen LogP contribution is -2.36. The highest BCUT2D eigenvalue weighted by Crippen LogP contribution is 2.60. The van der Waals surface area contributed by atoms with E-state index in [1.807, 2.05) is 61.6 Å². The van der Waals surface area contributed by atoms with Crippen LogP contribution in [0.4, 0.5) is 5.82 Å². The molecular formula is C44H71N3O16P2. The number of allylic oxidation sites excluding steroid dienone is 8. The minimum atomic E-state index is -5.44. The third-order valence-electron chi connectivity index (χ3n) is 9.62. The molecule has 0 spiro atoms. The predicted octanol–water partition coefficient (Wildman–Crippen LogP) is 6.82. The summed E-state index contributed by atoms with van der Waals surface area (Å²) in [5.41, 5.74) is 4.56. The van der Waals surface area contributed by atoms with Crippen molar-refractivity contribution in [2.75, 3.05) is 25.6 Å².